The molecule has 0 spiro atoms. The molecule has 10 atom stereocenters. The molecule has 2 fully saturated rings. The van der Waals surface area contributed by atoms with Crippen LogP contribution < -0.4 is 0 Å². The summed E-state index contributed by atoms with van der Waals surface area (Å²) in [5.41, 5.74) is 0. The van der Waals surface area contributed by atoms with Crippen LogP contribution in [0, 0.1) is 0 Å². The second-order valence-electron chi connectivity index (χ2n) is 9.60. The van der Waals surface area contributed by atoms with Crippen molar-refractivity contribution in [3.8, 4) is 0 Å². The zero-order valence-corrected chi connectivity index (χ0v) is 20.7. The van der Waals surface area contributed by atoms with Gasteiger partial charge in [0, 0.05) is 6.61 Å². The average Bonchev–Trinajstić information content (AvgIpc) is 2.86. The maximum absolute atomic E-state index is 10.3. The van der Waals surface area contributed by atoms with Crippen LogP contribution >= 0.6 is 0 Å². The minimum atomic E-state index is -1.60. The van der Waals surface area contributed by atoms with Gasteiger partial charge in [-0.05, 0) is 6.42 Å². The van der Waals surface area contributed by atoms with E-state index >= 15 is 0 Å². The molecule has 0 saturated carbocycles. The van der Waals surface area contributed by atoms with Crippen LogP contribution in [0.4, 0.5) is 0 Å². The highest BCUT2D eigenvalue weighted by molar-refractivity contribution is 4.91. The van der Waals surface area contributed by atoms with Crippen LogP contribution in [0.15, 0.2) is 0 Å². The Kier molecular flexibility index (Phi) is 14.4. The summed E-state index contributed by atoms with van der Waals surface area (Å²) in [5.74, 6) is 0. The first-order valence-electron chi connectivity index (χ1n) is 13.0. The van der Waals surface area contributed by atoms with E-state index in [1.54, 1.807) is 0 Å². The lowest BCUT2D eigenvalue weighted by atomic mass is 9.98. The van der Waals surface area contributed by atoms with Crippen molar-refractivity contribution in [2.75, 3.05) is 19.8 Å². The fourth-order valence-electron chi connectivity index (χ4n) is 4.38. The number of hydrogen-bond donors (Lipinski definition) is 7. The molecule has 2 rings (SSSR count). The van der Waals surface area contributed by atoms with Gasteiger partial charge in [0.15, 0.2) is 12.6 Å². The highest BCUT2D eigenvalue weighted by Crippen LogP contribution is 2.26. The Morgan fingerprint density at radius 3 is 1.54 bits per heavy atom. The molecular formula is C24H46O11. The van der Waals surface area contributed by atoms with Crippen molar-refractivity contribution in [2.24, 2.45) is 0 Å². The molecule has 0 radical (unpaired) electrons. The summed E-state index contributed by atoms with van der Waals surface area (Å²) in [7, 11) is 0. The fourth-order valence-corrected chi connectivity index (χ4v) is 4.38. The zero-order chi connectivity index (χ0) is 25.8. The summed E-state index contributed by atoms with van der Waals surface area (Å²) in [6, 6.07) is 0. The Bertz CT molecular complexity index is 552. The highest BCUT2D eigenvalue weighted by atomic mass is 16.7. The summed E-state index contributed by atoms with van der Waals surface area (Å²) in [5, 5.41) is 69.7. The molecule has 208 valence electrons. The van der Waals surface area contributed by atoms with Crippen LogP contribution in [0.3, 0.4) is 0 Å². The maximum atomic E-state index is 10.3. The molecule has 0 aromatic carbocycles. The van der Waals surface area contributed by atoms with Gasteiger partial charge in [-0.2, -0.15) is 0 Å². The first-order chi connectivity index (χ1) is 16.8. The van der Waals surface area contributed by atoms with Crippen LogP contribution in [0.25, 0.3) is 0 Å². The Labute approximate surface area is 207 Å². The van der Waals surface area contributed by atoms with E-state index in [1.807, 2.05) is 0 Å². The van der Waals surface area contributed by atoms with Gasteiger partial charge in [0.05, 0.1) is 13.2 Å². The van der Waals surface area contributed by atoms with Gasteiger partial charge in [0.25, 0.3) is 0 Å². The molecule has 2 aliphatic rings. The molecule has 35 heavy (non-hydrogen) atoms. The Hall–Kier alpha value is -0.440. The van der Waals surface area contributed by atoms with Gasteiger partial charge in [-0.3, -0.25) is 0 Å². The Morgan fingerprint density at radius 1 is 0.543 bits per heavy atom. The van der Waals surface area contributed by atoms with E-state index in [0.29, 0.717) is 6.61 Å². The van der Waals surface area contributed by atoms with Gasteiger partial charge >= 0.3 is 0 Å². The number of ether oxygens (including phenoxy) is 4. The Balaban J connectivity index is 1.70. The lowest BCUT2D eigenvalue weighted by molar-refractivity contribution is -0.331. The molecule has 11 heteroatoms. The lowest BCUT2D eigenvalue weighted by Gasteiger charge is -2.42. The van der Waals surface area contributed by atoms with E-state index < -0.39 is 68.0 Å². The Morgan fingerprint density at radius 2 is 1.00 bits per heavy atom. The standard InChI is InChI=1S/C24H46O11/c1-2-3-4-5-6-7-8-9-10-11-12-32-23-21(30)20(29)18(27)16(35-23)14-33-24-22(31)19(28)17(26)15(13-25)34-24/h15-31H,2-14H2,1H3/t15?,16?,17-,18-,19-,20-,21?,22?,23?,24?/m0/s1. The van der Waals surface area contributed by atoms with Crippen LogP contribution in [0.5, 0.6) is 0 Å². The van der Waals surface area contributed by atoms with Gasteiger partial charge < -0.3 is 54.7 Å². The van der Waals surface area contributed by atoms with Crippen LogP contribution in [0.1, 0.15) is 71.1 Å². The monoisotopic (exact) mass is 510 g/mol. The second kappa shape index (κ2) is 16.4. The summed E-state index contributed by atoms with van der Waals surface area (Å²) in [4.78, 5) is 0. The molecular weight excluding hydrogens is 464 g/mol. The highest BCUT2D eigenvalue weighted by Gasteiger charge is 2.47. The van der Waals surface area contributed by atoms with Crippen LogP contribution in [0.2, 0.25) is 0 Å². The maximum Gasteiger partial charge on any atom is 0.186 e. The topological polar surface area (TPSA) is 179 Å². The second-order valence-corrected chi connectivity index (χ2v) is 9.60. The van der Waals surface area contributed by atoms with Crippen molar-refractivity contribution in [1.82, 2.24) is 0 Å². The SMILES string of the molecule is CCCCCCCCCCCCOC1OC(COC2OC(CO)[C@H](O)[C@H](O)C2O)[C@H](O)[C@H](O)C1O. The van der Waals surface area contributed by atoms with E-state index in [-0.39, 0.29) is 6.61 Å². The number of aliphatic hydroxyl groups excluding tert-OH is 7. The van der Waals surface area contributed by atoms with Crippen LogP contribution in [-0.4, -0.2) is 117 Å². The van der Waals surface area contributed by atoms with E-state index in [2.05, 4.69) is 6.92 Å². The van der Waals surface area contributed by atoms with Gasteiger partial charge in [-0.25, -0.2) is 0 Å². The van der Waals surface area contributed by atoms with Crippen molar-refractivity contribution in [2.45, 2.75) is 133 Å². The summed E-state index contributed by atoms with van der Waals surface area (Å²) >= 11 is 0. The van der Waals surface area contributed by atoms with Crippen molar-refractivity contribution < 1.29 is 54.7 Å². The largest absolute Gasteiger partial charge is 0.394 e. The summed E-state index contributed by atoms with van der Waals surface area (Å²) < 4.78 is 21.9. The molecule has 0 aromatic rings. The predicted octanol–water partition coefficient (Wildman–Crippen LogP) is -0.452. The third kappa shape index (κ3) is 9.42. The molecule has 7 N–H and O–H groups in total. The van der Waals surface area contributed by atoms with E-state index in [9.17, 15) is 35.7 Å². The van der Waals surface area contributed by atoms with E-state index in [0.717, 1.165) is 19.3 Å². The number of hydrogen-bond acceptors (Lipinski definition) is 11. The first kappa shape index (κ1) is 30.8. The van der Waals surface area contributed by atoms with Crippen molar-refractivity contribution in [1.29, 1.82) is 0 Å². The molecule has 0 aromatic heterocycles. The molecule has 6 unspecified atom stereocenters. The predicted molar refractivity (Wildman–Crippen MR) is 124 cm³/mol. The number of aliphatic hydroxyl groups is 7. The van der Waals surface area contributed by atoms with Gasteiger partial charge in [0.2, 0.25) is 0 Å². The van der Waals surface area contributed by atoms with Crippen molar-refractivity contribution in [3.63, 3.8) is 0 Å². The van der Waals surface area contributed by atoms with Gasteiger partial charge in [-0.1, -0.05) is 64.7 Å². The average molecular weight is 511 g/mol. The quantitative estimate of drug-likeness (QED) is 0.134. The third-order valence-electron chi connectivity index (χ3n) is 6.72. The molecule has 0 amide bonds. The minimum absolute atomic E-state index is 0.321. The summed E-state index contributed by atoms with van der Waals surface area (Å²) in [6.45, 7) is 1.56. The van der Waals surface area contributed by atoms with Gasteiger partial charge in [0.1, 0.15) is 48.8 Å². The normalized spacial score (nSPS) is 38.1. The lowest BCUT2D eigenvalue weighted by Crippen LogP contribution is -2.61. The molecule has 11 nitrogen and oxygen atoms in total. The van der Waals surface area contributed by atoms with Crippen molar-refractivity contribution in [3.05, 3.63) is 0 Å². The molecule has 0 bridgehead atoms. The van der Waals surface area contributed by atoms with E-state index in [1.165, 1.54) is 44.9 Å². The third-order valence-corrected chi connectivity index (χ3v) is 6.72. The van der Waals surface area contributed by atoms with Crippen LogP contribution in [-0.2, 0) is 18.9 Å². The van der Waals surface area contributed by atoms with Crippen molar-refractivity contribution >= 4 is 0 Å². The molecule has 2 aliphatic heterocycles. The number of unbranched alkanes of at least 4 members (excludes halogenated alkanes) is 9. The molecule has 2 saturated heterocycles. The van der Waals surface area contributed by atoms with Gasteiger partial charge in [-0.15, -0.1) is 0 Å². The minimum Gasteiger partial charge on any atom is -0.394 e. The molecule has 0 aliphatic carbocycles. The first-order valence-corrected chi connectivity index (χ1v) is 13.0. The summed E-state index contributed by atoms with van der Waals surface area (Å²) in [6.07, 6.45) is -2.35. The number of rotatable bonds is 16. The fraction of sp³-hybridized carbons (Fsp3) is 1.00. The van der Waals surface area contributed by atoms with E-state index in [4.69, 9.17) is 18.9 Å². The zero-order valence-electron chi connectivity index (χ0n) is 20.7. The smallest absolute Gasteiger partial charge is 0.186 e. The molecule has 2 heterocycles.